The van der Waals surface area contributed by atoms with Crippen molar-refractivity contribution in [3.05, 3.63) is 0 Å². The van der Waals surface area contributed by atoms with Gasteiger partial charge in [0, 0.05) is 72.6 Å². The maximum atomic E-state index is 0. The Labute approximate surface area is 78.0 Å². The molecule has 1 nitrogen and oxygen atoms in total. The first-order valence-corrected chi connectivity index (χ1v) is 0. The van der Waals surface area contributed by atoms with Crippen molar-refractivity contribution in [2.45, 2.75) is 0 Å². The van der Waals surface area contributed by atoms with E-state index >= 15 is 0 Å². The molecule has 0 fully saturated rings. The van der Waals surface area contributed by atoms with Gasteiger partial charge in [0.1, 0.15) is 0 Å². The van der Waals surface area contributed by atoms with Crippen molar-refractivity contribution in [1.29, 1.82) is 0 Å². The zero-order valence-electron chi connectivity index (χ0n) is 2.26. The van der Waals surface area contributed by atoms with E-state index in [-0.39, 0.29) is 78.7 Å². The molecule has 0 spiro atoms. The van der Waals surface area contributed by atoms with Gasteiger partial charge >= 0.3 is 0 Å². The molecule has 0 aromatic heterocycles. The van der Waals surface area contributed by atoms with Crippen molar-refractivity contribution >= 4 is 0 Å². The van der Waals surface area contributed by atoms with Crippen molar-refractivity contribution in [1.82, 2.24) is 6.15 Å². The maximum Gasteiger partial charge on any atom is 0 e. The minimum atomic E-state index is 0. The maximum absolute atomic E-state index is 0. The second-order valence-corrected chi connectivity index (χ2v) is 0. The zero-order chi connectivity index (χ0) is 0. The molecule has 0 aliphatic heterocycles. The van der Waals surface area contributed by atoms with Crippen LogP contribution in [0.2, 0.25) is 0 Å². The Morgan fingerprint density at radius 3 is 1.00 bits per heavy atom. The Balaban J connectivity index is 0. The third-order valence-electron chi connectivity index (χ3n) is 0. The van der Waals surface area contributed by atoms with E-state index in [4.69, 9.17) is 0 Å². The third-order valence-corrected chi connectivity index (χ3v) is 0. The van der Waals surface area contributed by atoms with Crippen LogP contribution in [0.25, 0.3) is 0 Å². The molecule has 35 valence electrons. The van der Waals surface area contributed by atoms with Crippen LogP contribution in [-0.2, 0) is 72.6 Å². The molecule has 0 saturated carbocycles. The second-order valence-electron chi connectivity index (χ2n) is 0. The SMILES string of the molecule is N.[Cr].[Fe].[Mn].[Mo]. The Morgan fingerprint density at radius 1 is 1.00 bits per heavy atom. The minimum Gasteiger partial charge on any atom is -0.344 e. The molecule has 0 heterocycles. The van der Waals surface area contributed by atoms with Gasteiger partial charge in [-0.1, -0.05) is 0 Å². The fraction of sp³-hybridized carbons (Fsp3) is 0. The minimum absolute atomic E-state index is 0. The Kier molecular flexibility index (Phi) is 390. The average Bonchev–Trinajstić information content (AvgIpc) is 0. The average molecular weight is 276 g/mol. The van der Waals surface area contributed by atoms with E-state index in [9.17, 15) is 0 Å². The van der Waals surface area contributed by atoms with Gasteiger partial charge in [0.25, 0.3) is 0 Å². The summed E-state index contributed by atoms with van der Waals surface area (Å²) in [6, 6.07) is 0. The monoisotopic (exact) mass is 278 g/mol. The summed E-state index contributed by atoms with van der Waals surface area (Å²) in [6.07, 6.45) is 0. The predicted octanol–water partition coefficient (Wildman–Crippen LogP) is 0.152. The quantitative estimate of drug-likeness (QED) is 0.628. The van der Waals surface area contributed by atoms with E-state index in [1.165, 1.54) is 0 Å². The molecule has 0 aromatic rings. The smallest absolute Gasteiger partial charge is 0 e. The van der Waals surface area contributed by atoms with E-state index in [0.29, 0.717) is 0 Å². The number of hydrogen-bond acceptors (Lipinski definition) is 1. The summed E-state index contributed by atoms with van der Waals surface area (Å²) >= 11 is 0. The van der Waals surface area contributed by atoms with E-state index < -0.39 is 0 Å². The van der Waals surface area contributed by atoms with Crippen molar-refractivity contribution in [3.63, 3.8) is 0 Å². The van der Waals surface area contributed by atoms with Gasteiger partial charge in [-0.2, -0.15) is 0 Å². The van der Waals surface area contributed by atoms with Gasteiger partial charge in [0.15, 0.2) is 0 Å². The van der Waals surface area contributed by atoms with Gasteiger partial charge in [0.05, 0.1) is 0 Å². The summed E-state index contributed by atoms with van der Waals surface area (Å²) in [4.78, 5) is 0. The summed E-state index contributed by atoms with van der Waals surface area (Å²) in [5, 5.41) is 0. The first kappa shape index (κ1) is 56.7. The molecule has 5 heteroatoms. The summed E-state index contributed by atoms with van der Waals surface area (Å²) in [5.41, 5.74) is 0. The molecule has 0 unspecified atom stereocenters. The molecule has 3 N–H and O–H groups in total. The normalized spacial score (nSPS) is 0. The molecule has 5 heavy (non-hydrogen) atoms. The molecule has 0 amide bonds. The van der Waals surface area contributed by atoms with E-state index in [2.05, 4.69) is 0 Å². The van der Waals surface area contributed by atoms with Gasteiger partial charge in [-0.15, -0.1) is 0 Å². The fourth-order valence-electron chi connectivity index (χ4n) is 0. The topological polar surface area (TPSA) is 35.0 Å². The summed E-state index contributed by atoms with van der Waals surface area (Å²) < 4.78 is 0. The van der Waals surface area contributed by atoms with Crippen LogP contribution in [0.1, 0.15) is 0 Å². The number of hydrogen-bond donors (Lipinski definition) is 1. The van der Waals surface area contributed by atoms with Crippen LogP contribution >= 0.6 is 0 Å². The molecule has 0 aromatic carbocycles. The second kappa shape index (κ2) is 34.4. The Bertz CT molecular complexity index is 11.6. The Morgan fingerprint density at radius 2 is 1.00 bits per heavy atom. The molecule has 0 saturated heterocycles. The Hall–Kier alpha value is 2.22. The van der Waals surface area contributed by atoms with Gasteiger partial charge in [0.2, 0.25) is 0 Å². The van der Waals surface area contributed by atoms with E-state index in [0.717, 1.165) is 0 Å². The molecule has 0 aliphatic rings. The van der Waals surface area contributed by atoms with Crippen LogP contribution in [0.3, 0.4) is 0 Å². The van der Waals surface area contributed by atoms with Crippen LogP contribution < -0.4 is 6.15 Å². The molecular weight excluding hydrogens is 273 g/mol. The molecule has 0 aliphatic carbocycles. The molecular formula is H3CrFeMnMoN. The van der Waals surface area contributed by atoms with Crippen molar-refractivity contribution in [3.8, 4) is 0 Å². The summed E-state index contributed by atoms with van der Waals surface area (Å²) in [5.74, 6) is 0. The third kappa shape index (κ3) is 22.5. The first-order chi connectivity index (χ1) is 0. The summed E-state index contributed by atoms with van der Waals surface area (Å²) in [7, 11) is 0. The van der Waals surface area contributed by atoms with Crippen LogP contribution in [-0.4, -0.2) is 0 Å². The van der Waals surface area contributed by atoms with Crippen LogP contribution in [0.5, 0.6) is 0 Å². The van der Waals surface area contributed by atoms with Gasteiger partial charge in [-0.05, 0) is 0 Å². The zero-order valence-corrected chi connectivity index (χ0v) is 7.82. The molecule has 0 bridgehead atoms. The van der Waals surface area contributed by atoms with Gasteiger partial charge in [-0.3, -0.25) is 0 Å². The standard InChI is InChI=1S/Cr.Fe.Mn.Mo.H3N/h;;;;1H3. The molecule has 0 atom stereocenters. The van der Waals surface area contributed by atoms with E-state index in [1.807, 2.05) is 0 Å². The largest absolute Gasteiger partial charge is 0.344 e. The summed E-state index contributed by atoms with van der Waals surface area (Å²) in [6.45, 7) is 0. The van der Waals surface area contributed by atoms with Crippen LogP contribution in [0, 0.1) is 0 Å². The molecule has 1 radical (unpaired) electrons. The first-order valence-electron chi connectivity index (χ1n) is 0. The van der Waals surface area contributed by atoms with Crippen LogP contribution in [0.4, 0.5) is 0 Å². The number of rotatable bonds is 0. The van der Waals surface area contributed by atoms with Crippen molar-refractivity contribution in [2.24, 2.45) is 0 Å². The van der Waals surface area contributed by atoms with Gasteiger partial charge in [-0.25, -0.2) is 0 Å². The predicted molar refractivity (Wildman–Crippen MR) is 5.02 cm³/mol. The fourth-order valence-corrected chi connectivity index (χ4v) is 0. The van der Waals surface area contributed by atoms with Crippen LogP contribution in [0.15, 0.2) is 0 Å². The van der Waals surface area contributed by atoms with E-state index in [1.54, 1.807) is 0 Å². The van der Waals surface area contributed by atoms with Crippen molar-refractivity contribution in [2.75, 3.05) is 0 Å². The van der Waals surface area contributed by atoms with Gasteiger partial charge < -0.3 is 6.15 Å². The molecule has 0 rings (SSSR count). The van der Waals surface area contributed by atoms with Crippen molar-refractivity contribution < 1.29 is 72.6 Å².